The van der Waals surface area contributed by atoms with Gasteiger partial charge in [-0.1, -0.05) is 39.5 Å². The first-order valence-electron chi connectivity index (χ1n) is 11.0. The number of hydrogen-bond acceptors (Lipinski definition) is 5. The maximum absolute atomic E-state index is 13.4. The zero-order valence-corrected chi connectivity index (χ0v) is 17.6. The van der Waals surface area contributed by atoms with E-state index in [9.17, 15) is 19.6 Å². The minimum absolute atomic E-state index is 0.0390. The van der Waals surface area contributed by atoms with Gasteiger partial charge in [0.15, 0.2) is 0 Å². The van der Waals surface area contributed by atoms with Crippen LogP contribution in [0, 0.1) is 17.3 Å². The number of amides is 3. The lowest BCUT2D eigenvalue weighted by atomic mass is 9.84. The van der Waals surface area contributed by atoms with Gasteiger partial charge < -0.3 is 4.90 Å². The number of nitrogens with zero attached hydrogens (tertiary/aromatic N) is 2. The number of carbonyl (C=O) groups is 3. The molecule has 1 heterocycles. The van der Waals surface area contributed by atoms with Crippen molar-refractivity contribution in [2.75, 3.05) is 13.1 Å². The zero-order chi connectivity index (χ0) is 21.0. The minimum Gasteiger partial charge on any atom is -0.330 e. The lowest BCUT2D eigenvalue weighted by Crippen LogP contribution is -2.54. The van der Waals surface area contributed by atoms with Crippen LogP contribution in [0.4, 0.5) is 0 Å². The lowest BCUT2D eigenvalue weighted by molar-refractivity contribution is -0.161. The highest BCUT2D eigenvalue weighted by molar-refractivity contribution is 5.89. The lowest BCUT2D eigenvalue weighted by Gasteiger charge is -2.35. The number of nitrogens with one attached hydrogen (secondary N) is 1. The van der Waals surface area contributed by atoms with Crippen molar-refractivity contribution in [1.82, 2.24) is 15.4 Å². The van der Waals surface area contributed by atoms with E-state index in [0.717, 1.165) is 44.9 Å². The van der Waals surface area contributed by atoms with Crippen molar-refractivity contribution in [3.05, 3.63) is 0 Å². The first kappa shape index (κ1) is 22.0. The molecule has 0 radical (unpaired) electrons. The summed E-state index contributed by atoms with van der Waals surface area (Å²) in [5.74, 6) is -0.533. The van der Waals surface area contributed by atoms with E-state index >= 15 is 0 Å². The fraction of sp³-hybridized carbons (Fsp3) is 0.857. The van der Waals surface area contributed by atoms with Gasteiger partial charge in [0.25, 0.3) is 5.91 Å². The average Bonchev–Trinajstić information content (AvgIpc) is 3.25. The number of hydroxylamine groups is 3. The van der Waals surface area contributed by atoms with Crippen LogP contribution in [0.25, 0.3) is 0 Å². The number of hydrogen-bond donors (Lipinski definition) is 2. The second-order valence-corrected chi connectivity index (χ2v) is 9.62. The van der Waals surface area contributed by atoms with Crippen LogP contribution in [-0.4, -0.2) is 58.6 Å². The van der Waals surface area contributed by atoms with E-state index < -0.39 is 12.0 Å². The van der Waals surface area contributed by atoms with Gasteiger partial charge >= 0.3 is 0 Å². The van der Waals surface area contributed by atoms with E-state index in [4.69, 9.17) is 4.84 Å². The second-order valence-electron chi connectivity index (χ2n) is 9.62. The Morgan fingerprint density at radius 1 is 1.24 bits per heavy atom. The van der Waals surface area contributed by atoms with Crippen molar-refractivity contribution >= 4 is 18.2 Å². The van der Waals surface area contributed by atoms with Crippen LogP contribution in [0.3, 0.4) is 0 Å². The third-order valence-electron chi connectivity index (χ3n) is 6.93. The smallest absolute Gasteiger partial charge is 0.266 e. The summed E-state index contributed by atoms with van der Waals surface area (Å²) in [5.41, 5.74) is 2.21. The summed E-state index contributed by atoms with van der Waals surface area (Å²) in [4.78, 5) is 44.4. The quantitative estimate of drug-likeness (QED) is 0.346. The first-order chi connectivity index (χ1) is 13.8. The predicted molar refractivity (Wildman–Crippen MR) is 105 cm³/mol. The van der Waals surface area contributed by atoms with Gasteiger partial charge in [0.2, 0.25) is 12.3 Å². The Morgan fingerprint density at radius 3 is 2.52 bits per heavy atom. The maximum Gasteiger partial charge on any atom is 0.266 e. The molecular weight excluding hydrogens is 374 g/mol. The molecule has 3 rings (SSSR count). The van der Waals surface area contributed by atoms with Gasteiger partial charge in [0.1, 0.15) is 6.04 Å². The van der Waals surface area contributed by atoms with Gasteiger partial charge in [-0.05, 0) is 43.4 Å². The summed E-state index contributed by atoms with van der Waals surface area (Å²) < 4.78 is 0. The molecule has 0 spiro atoms. The van der Waals surface area contributed by atoms with Gasteiger partial charge in [-0.25, -0.2) is 10.5 Å². The molecule has 29 heavy (non-hydrogen) atoms. The van der Waals surface area contributed by atoms with Crippen LogP contribution in [0.5, 0.6) is 0 Å². The molecule has 1 saturated heterocycles. The number of carbonyl (C=O) groups excluding carboxylic acids is 3. The molecule has 164 valence electrons. The highest BCUT2D eigenvalue weighted by Gasteiger charge is 2.48. The van der Waals surface area contributed by atoms with Crippen LogP contribution in [0.1, 0.15) is 71.6 Å². The molecule has 0 aromatic carbocycles. The van der Waals surface area contributed by atoms with E-state index in [-0.39, 0.29) is 29.9 Å². The Morgan fingerprint density at radius 2 is 1.93 bits per heavy atom. The van der Waals surface area contributed by atoms with Crippen molar-refractivity contribution in [1.29, 1.82) is 0 Å². The summed E-state index contributed by atoms with van der Waals surface area (Å²) in [7, 11) is 0. The van der Waals surface area contributed by atoms with Crippen LogP contribution >= 0.6 is 0 Å². The summed E-state index contributed by atoms with van der Waals surface area (Å²) in [6.45, 7) is 4.43. The highest BCUT2D eigenvalue weighted by Crippen LogP contribution is 2.39. The molecule has 8 nitrogen and oxygen atoms in total. The Kier molecular flexibility index (Phi) is 7.16. The van der Waals surface area contributed by atoms with E-state index in [1.54, 1.807) is 4.90 Å². The molecule has 8 heteroatoms. The monoisotopic (exact) mass is 409 g/mol. The third-order valence-corrected chi connectivity index (χ3v) is 6.93. The number of likely N-dealkylation sites (tertiary alicyclic amines) is 1. The van der Waals surface area contributed by atoms with Gasteiger partial charge in [0.05, 0.1) is 18.6 Å². The van der Waals surface area contributed by atoms with Crippen molar-refractivity contribution < 1.29 is 24.4 Å². The summed E-state index contributed by atoms with van der Waals surface area (Å²) in [5, 5.41) is 10.3. The van der Waals surface area contributed by atoms with Crippen LogP contribution in [0.2, 0.25) is 0 Å². The normalized spacial score (nSPS) is 25.5. The van der Waals surface area contributed by atoms with Crippen molar-refractivity contribution in [3.8, 4) is 0 Å². The van der Waals surface area contributed by atoms with Gasteiger partial charge in [-0.2, -0.15) is 0 Å². The Labute approximate surface area is 172 Å². The Balaban J connectivity index is 1.70. The van der Waals surface area contributed by atoms with Gasteiger partial charge in [0, 0.05) is 6.54 Å². The van der Waals surface area contributed by atoms with Crippen molar-refractivity contribution in [2.24, 2.45) is 17.3 Å². The average molecular weight is 410 g/mol. The number of rotatable bonds is 9. The minimum atomic E-state index is -0.621. The molecule has 1 aliphatic heterocycles. The fourth-order valence-electron chi connectivity index (χ4n) is 4.92. The van der Waals surface area contributed by atoms with Crippen LogP contribution < -0.4 is 5.48 Å². The van der Waals surface area contributed by atoms with Gasteiger partial charge in [-0.3, -0.25) is 24.4 Å². The first-order valence-corrected chi connectivity index (χ1v) is 11.0. The standard InChI is InChI=1S/C21H35N3O5/c1-21(2)10-11-24(18(21)19(26)22-29-17-8-5-9-17)20(27)16(13-23(28)14-25)12-15-6-3-4-7-15/h14-18,28H,3-13H2,1-2H3,(H,22,26)/t16-,18-/m1/s1. The molecule has 2 atom stereocenters. The molecule has 2 aliphatic carbocycles. The fourth-order valence-corrected chi connectivity index (χ4v) is 4.92. The predicted octanol–water partition coefficient (Wildman–Crippen LogP) is 2.26. The molecule has 0 bridgehead atoms. The Bertz CT molecular complexity index is 601. The second kappa shape index (κ2) is 9.43. The molecule has 3 aliphatic rings. The SMILES string of the molecule is CC1(C)CCN(C(=O)[C@H](CC2CCCC2)CN(O)C=O)[C@@H]1C(=O)NOC1CCC1. The summed E-state index contributed by atoms with van der Waals surface area (Å²) in [6, 6.07) is -0.621. The van der Waals surface area contributed by atoms with E-state index in [1.807, 2.05) is 13.8 Å². The molecule has 3 amide bonds. The molecule has 0 aromatic rings. The van der Waals surface area contributed by atoms with Crippen molar-refractivity contribution in [2.45, 2.75) is 83.8 Å². The van der Waals surface area contributed by atoms with Gasteiger partial charge in [-0.15, -0.1) is 0 Å². The third kappa shape index (κ3) is 5.28. The van der Waals surface area contributed by atoms with E-state index in [1.165, 1.54) is 0 Å². The summed E-state index contributed by atoms with van der Waals surface area (Å²) in [6.07, 6.45) is 9.19. The highest BCUT2D eigenvalue weighted by atomic mass is 16.7. The van der Waals surface area contributed by atoms with Crippen LogP contribution in [0.15, 0.2) is 0 Å². The summed E-state index contributed by atoms with van der Waals surface area (Å²) >= 11 is 0. The zero-order valence-electron chi connectivity index (χ0n) is 17.6. The Hall–Kier alpha value is -1.67. The van der Waals surface area contributed by atoms with Crippen molar-refractivity contribution in [3.63, 3.8) is 0 Å². The largest absolute Gasteiger partial charge is 0.330 e. The molecule has 3 fully saturated rings. The van der Waals surface area contributed by atoms with Crippen LogP contribution in [-0.2, 0) is 19.2 Å². The maximum atomic E-state index is 13.4. The molecule has 0 unspecified atom stereocenters. The topological polar surface area (TPSA) is 99.2 Å². The molecule has 2 saturated carbocycles. The molecular formula is C21H35N3O5. The molecule has 2 N–H and O–H groups in total. The molecule has 0 aromatic heterocycles. The van der Waals surface area contributed by atoms with E-state index in [2.05, 4.69) is 5.48 Å². The van der Waals surface area contributed by atoms with E-state index in [0.29, 0.717) is 36.8 Å².